The molecule has 9 nitrogen and oxygen atoms in total. The third-order valence-corrected chi connectivity index (χ3v) is 8.44. The van der Waals surface area contributed by atoms with Crippen LogP contribution in [0.1, 0.15) is 47.8 Å². The SMILES string of the molecule is Cc1nc(C2(NC(=O)c3ccc(Br)c(S(=O)(=O)N4CCOCC4)c3)CCCC2)no1. The summed E-state index contributed by atoms with van der Waals surface area (Å²) in [4.78, 5) is 17.5. The van der Waals surface area contributed by atoms with Crippen LogP contribution in [0.3, 0.4) is 0 Å². The van der Waals surface area contributed by atoms with Gasteiger partial charge in [0.25, 0.3) is 5.91 Å². The summed E-state index contributed by atoms with van der Waals surface area (Å²) in [7, 11) is -3.75. The van der Waals surface area contributed by atoms with Crippen LogP contribution in [0.25, 0.3) is 0 Å². The molecule has 1 aromatic carbocycles. The summed E-state index contributed by atoms with van der Waals surface area (Å²) >= 11 is 3.32. The summed E-state index contributed by atoms with van der Waals surface area (Å²) in [6.45, 7) is 2.97. The molecular formula is C19H23BrN4O5S. The molecule has 1 aliphatic carbocycles. The van der Waals surface area contributed by atoms with Gasteiger partial charge in [-0.25, -0.2) is 8.42 Å². The van der Waals surface area contributed by atoms with E-state index in [4.69, 9.17) is 9.26 Å². The molecule has 0 unspecified atom stereocenters. The lowest BCUT2D eigenvalue weighted by atomic mass is 9.96. The second-order valence-electron chi connectivity index (χ2n) is 7.54. The van der Waals surface area contributed by atoms with Crippen molar-refractivity contribution in [3.8, 4) is 0 Å². The smallest absolute Gasteiger partial charge is 0.252 e. The molecular weight excluding hydrogens is 476 g/mol. The number of benzene rings is 1. The van der Waals surface area contributed by atoms with E-state index in [0.717, 1.165) is 12.8 Å². The summed E-state index contributed by atoms with van der Waals surface area (Å²) in [5.41, 5.74) is -0.443. The zero-order chi connectivity index (χ0) is 21.4. The molecule has 4 rings (SSSR count). The van der Waals surface area contributed by atoms with E-state index in [2.05, 4.69) is 31.4 Å². The first kappa shape index (κ1) is 21.4. The highest BCUT2D eigenvalue weighted by molar-refractivity contribution is 9.10. The Labute approximate surface area is 183 Å². The molecule has 0 bridgehead atoms. The van der Waals surface area contributed by atoms with Crippen LogP contribution in [0, 0.1) is 6.92 Å². The van der Waals surface area contributed by atoms with Crippen LogP contribution in [0.15, 0.2) is 32.1 Å². The third-order valence-electron chi connectivity index (χ3n) is 5.55. The number of nitrogens with one attached hydrogen (secondary N) is 1. The highest BCUT2D eigenvalue weighted by Crippen LogP contribution is 2.37. The highest BCUT2D eigenvalue weighted by atomic mass is 79.9. The predicted molar refractivity (Wildman–Crippen MR) is 110 cm³/mol. The monoisotopic (exact) mass is 498 g/mol. The number of halogens is 1. The molecule has 162 valence electrons. The molecule has 2 fully saturated rings. The van der Waals surface area contributed by atoms with Gasteiger partial charge >= 0.3 is 0 Å². The van der Waals surface area contributed by atoms with E-state index in [0.29, 0.717) is 42.2 Å². The molecule has 11 heteroatoms. The number of nitrogens with zero attached hydrogens (tertiary/aromatic N) is 3. The van der Waals surface area contributed by atoms with E-state index in [1.165, 1.54) is 10.4 Å². The number of sulfonamides is 1. The average molecular weight is 499 g/mol. The van der Waals surface area contributed by atoms with Crippen molar-refractivity contribution >= 4 is 31.9 Å². The Morgan fingerprint density at radius 2 is 1.93 bits per heavy atom. The summed E-state index contributed by atoms with van der Waals surface area (Å²) in [5, 5.41) is 7.07. The number of carbonyl (C=O) groups is 1. The number of amides is 1. The van der Waals surface area contributed by atoms with Gasteiger partial charge < -0.3 is 14.6 Å². The third kappa shape index (κ3) is 4.03. The first-order valence-corrected chi connectivity index (χ1v) is 12.1. The van der Waals surface area contributed by atoms with E-state index in [1.807, 2.05) is 0 Å². The van der Waals surface area contributed by atoms with Crippen LogP contribution >= 0.6 is 15.9 Å². The van der Waals surface area contributed by atoms with Gasteiger partial charge in [-0.1, -0.05) is 18.0 Å². The summed E-state index contributed by atoms with van der Waals surface area (Å²) < 4.78 is 38.3. The fourth-order valence-corrected chi connectivity index (χ4v) is 6.29. The summed E-state index contributed by atoms with van der Waals surface area (Å²) in [6.07, 6.45) is 3.27. The number of aryl methyl sites for hydroxylation is 1. The fourth-order valence-electron chi connectivity index (χ4n) is 3.93. The molecule has 1 aliphatic heterocycles. The van der Waals surface area contributed by atoms with Crippen molar-refractivity contribution < 1.29 is 22.5 Å². The molecule has 1 N–H and O–H groups in total. The van der Waals surface area contributed by atoms with Crippen molar-refractivity contribution in [2.24, 2.45) is 0 Å². The Hall–Kier alpha value is -1.82. The van der Waals surface area contributed by atoms with Crippen LogP contribution < -0.4 is 5.32 Å². The molecule has 0 atom stereocenters. The fraction of sp³-hybridized carbons (Fsp3) is 0.526. The molecule has 1 amide bonds. The van der Waals surface area contributed by atoms with E-state index in [9.17, 15) is 13.2 Å². The number of hydrogen-bond donors (Lipinski definition) is 1. The van der Waals surface area contributed by atoms with Crippen LogP contribution in [-0.4, -0.2) is 55.1 Å². The van der Waals surface area contributed by atoms with Crippen molar-refractivity contribution in [2.45, 2.75) is 43.0 Å². The van der Waals surface area contributed by atoms with Gasteiger partial charge in [-0.05, 0) is 47.0 Å². The van der Waals surface area contributed by atoms with E-state index >= 15 is 0 Å². The van der Waals surface area contributed by atoms with Crippen molar-refractivity contribution in [3.05, 3.63) is 40.0 Å². The van der Waals surface area contributed by atoms with Gasteiger partial charge in [-0.3, -0.25) is 4.79 Å². The lowest BCUT2D eigenvalue weighted by Crippen LogP contribution is -2.44. The van der Waals surface area contributed by atoms with Gasteiger partial charge in [0.05, 0.1) is 18.1 Å². The number of hydrogen-bond acceptors (Lipinski definition) is 7. The Bertz CT molecular complexity index is 1040. The van der Waals surface area contributed by atoms with E-state index in [1.54, 1.807) is 19.1 Å². The molecule has 1 aromatic heterocycles. The topological polar surface area (TPSA) is 115 Å². The lowest BCUT2D eigenvalue weighted by Gasteiger charge is -2.28. The number of morpholine rings is 1. The number of ether oxygens (including phenoxy) is 1. The Kier molecular flexibility index (Phi) is 5.97. The zero-order valence-electron chi connectivity index (χ0n) is 16.6. The van der Waals surface area contributed by atoms with Gasteiger partial charge in [0.2, 0.25) is 15.9 Å². The van der Waals surface area contributed by atoms with Crippen LogP contribution in [0.4, 0.5) is 0 Å². The van der Waals surface area contributed by atoms with Crippen molar-refractivity contribution in [1.29, 1.82) is 0 Å². The minimum Gasteiger partial charge on any atom is -0.379 e. The average Bonchev–Trinajstić information content (AvgIpc) is 3.39. The lowest BCUT2D eigenvalue weighted by molar-refractivity contribution is 0.0730. The molecule has 30 heavy (non-hydrogen) atoms. The standard InChI is InChI=1S/C19H23BrN4O5S/c1-13-21-18(23-29-13)19(6-2-3-7-19)22-17(25)14-4-5-15(20)16(12-14)30(26,27)24-8-10-28-11-9-24/h4-5,12H,2-3,6-11H2,1H3,(H,22,25). The van der Waals surface area contributed by atoms with Crippen LogP contribution in [0.5, 0.6) is 0 Å². The normalized spacial score (nSPS) is 19.7. The molecule has 0 radical (unpaired) electrons. The maximum absolute atomic E-state index is 13.1. The largest absolute Gasteiger partial charge is 0.379 e. The minimum absolute atomic E-state index is 0.0629. The van der Waals surface area contributed by atoms with Gasteiger partial charge in [0.15, 0.2) is 5.82 Å². The van der Waals surface area contributed by atoms with Crippen LogP contribution in [-0.2, 0) is 20.3 Å². The number of rotatable bonds is 5. The molecule has 1 saturated carbocycles. The van der Waals surface area contributed by atoms with Gasteiger partial charge in [-0.15, -0.1) is 0 Å². The summed E-state index contributed by atoms with van der Waals surface area (Å²) in [5.74, 6) is 0.530. The number of aromatic nitrogens is 2. The summed E-state index contributed by atoms with van der Waals surface area (Å²) in [6, 6.07) is 4.60. The van der Waals surface area contributed by atoms with Crippen molar-refractivity contribution in [2.75, 3.05) is 26.3 Å². The first-order valence-electron chi connectivity index (χ1n) is 9.83. The van der Waals surface area contributed by atoms with Crippen molar-refractivity contribution in [3.63, 3.8) is 0 Å². The van der Waals surface area contributed by atoms with E-state index in [-0.39, 0.29) is 29.5 Å². The van der Waals surface area contributed by atoms with Crippen molar-refractivity contribution in [1.82, 2.24) is 19.8 Å². The second kappa shape index (κ2) is 8.37. The molecule has 2 heterocycles. The molecule has 0 spiro atoms. The predicted octanol–water partition coefficient (Wildman–Crippen LogP) is 2.36. The molecule has 2 aromatic rings. The Balaban J connectivity index is 1.62. The van der Waals surface area contributed by atoms with Gasteiger partial charge in [-0.2, -0.15) is 9.29 Å². The first-order chi connectivity index (χ1) is 14.3. The van der Waals surface area contributed by atoms with Gasteiger partial charge in [0, 0.05) is 30.0 Å². The number of carbonyl (C=O) groups excluding carboxylic acids is 1. The van der Waals surface area contributed by atoms with Crippen LogP contribution in [0.2, 0.25) is 0 Å². The van der Waals surface area contributed by atoms with E-state index < -0.39 is 15.6 Å². The quantitative estimate of drug-likeness (QED) is 0.672. The maximum atomic E-state index is 13.1. The molecule has 1 saturated heterocycles. The van der Waals surface area contributed by atoms with Gasteiger partial charge in [0.1, 0.15) is 5.54 Å². The molecule has 2 aliphatic rings. The zero-order valence-corrected chi connectivity index (χ0v) is 19.0. The second-order valence-corrected chi connectivity index (χ2v) is 10.3. The highest BCUT2D eigenvalue weighted by Gasteiger charge is 2.41. The maximum Gasteiger partial charge on any atom is 0.252 e. The Morgan fingerprint density at radius 3 is 2.57 bits per heavy atom. The minimum atomic E-state index is -3.75. The Morgan fingerprint density at radius 1 is 1.23 bits per heavy atom.